The molecule has 1 aliphatic heterocycles. The van der Waals surface area contributed by atoms with Gasteiger partial charge in [0.05, 0.1) is 36.4 Å². The van der Waals surface area contributed by atoms with Crippen molar-refractivity contribution < 1.29 is 9.53 Å². The normalized spacial score (nSPS) is 13.1. The molecule has 0 radical (unpaired) electrons. The summed E-state index contributed by atoms with van der Waals surface area (Å²) in [6.07, 6.45) is 4.70. The maximum atomic E-state index is 12.8. The summed E-state index contributed by atoms with van der Waals surface area (Å²) < 4.78 is 8.09. The summed E-state index contributed by atoms with van der Waals surface area (Å²) in [6.45, 7) is 7.65. The number of carbonyl (C=O) groups excluding carboxylic acids is 1. The quantitative estimate of drug-likeness (QED) is 0.535. The van der Waals surface area contributed by atoms with E-state index in [9.17, 15) is 4.79 Å². The lowest BCUT2D eigenvalue weighted by atomic mass is 10.1. The first-order valence-corrected chi connectivity index (χ1v) is 11.4. The van der Waals surface area contributed by atoms with E-state index in [1.807, 2.05) is 55.0 Å². The summed E-state index contributed by atoms with van der Waals surface area (Å²) >= 11 is 6.01. The van der Waals surface area contributed by atoms with Crippen LogP contribution in [-0.4, -0.2) is 35.2 Å². The molecule has 1 aliphatic rings. The van der Waals surface area contributed by atoms with Gasteiger partial charge in [0, 0.05) is 24.3 Å². The number of rotatable bonds is 8. The number of anilines is 1. The van der Waals surface area contributed by atoms with Crippen LogP contribution in [0.5, 0.6) is 5.75 Å². The maximum absolute atomic E-state index is 12.8. The molecular formula is C25H29ClN4O2. The first-order chi connectivity index (χ1) is 15.5. The van der Waals surface area contributed by atoms with Crippen LogP contribution >= 0.6 is 11.6 Å². The minimum atomic E-state index is -0.0860. The average molecular weight is 453 g/mol. The zero-order valence-electron chi connectivity index (χ0n) is 18.6. The number of carbonyl (C=O) groups is 1. The number of nitrogens with one attached hydrogen (secondary N) is 1. The van der Waals surface area contributed by atoms with Crippen molar-refractivity contribution in [1.82, 2.24) is 14.9 Å². The van der Waals surface area contributed by atoms with Crippen molar-refractivity contribution >= 4 is 23.2 Å². The molecule has 32 heavy (non-hydrogen) atoms. The molecule has 0 aliphatic carbocycles. The third-order valence-electron chi connectivity index (χ3n) is 5.61. The molecule has 7 heteroatoms. The van der Waals surface area contributed by atoms with Crippen molar-refractivity contribution in [3.05, 3.63) is 76.8 Å². The first-order valence-electron chi connectivity index (χ1n) is 11.0. The number of amides is 1. The molecule has 2 aromatic carbocycles. The Kier molecular flexibility index (Phi) is 7.00. The van der Waals surface area contributed by atoms with Crippen LogP contribution in [0.1, 0.15) is 41.9 Å². The number of fused-ring (bicyclic) bond motifs is 1. The lowest BCUT2D eigenvalue weighted by Crippen LogP contribution is -2.34. The van der Waals surface area contributed by atoms with E-state index in [0.717, 1.165) is 41.5 Å². The van der Waals surface area contributed by atoms with Crippen LogP contribution in [-0.2, 0) is 13.1 Å². The molecule has 0 fully saturated rings. The Morgan fingerprint density at radius 1 is 1.19 bits per heavy atom. The van der Waals surface area contributed by atoms with E-state index in [1.165, 1.54) is 0 Å². The molecule has 3 aromatic rings. The number of para-hydroxylation sites is 1. The van der Waals surface area contributed by atoms with E-state index in [1.54, 1.807) is 0 Å². The lowest BCUT2D eigenvalue weighted by Gasteiger charge is -2.32. The molecule has 0 atom stereocenters. The fourth-order valence-electron chi connectivity index (χ4n) is 3.82. The zero-order chi connectivity index (χ0) is 22.5. The molecule has 0 saturated heterocycles. The van der Waals surface area contributed by atoms with Crippen LogP contribution in [0.4, 0.5) is 5.69 Å². The largest absolute Gasteiger partial charge is 0.489 e. The summed E-state index contributed by atoms with van der Waals surface area (Å²) in [5.74, 6) is 1.12. The topological polar surface area (TPSA) is 59.4 Å². The number of halogens is 1. The Hall–Kier alpha value is -2.99. The summed E-state index contributed by atoms with van der Waals surface area (Å²) in [6, 6.07) is 13.6. The Morgan fingerprint density at radius 3 is 2.78 bits per heavy atom. The van der Waals surface area contributed by atoms with E-state index >= 15 is 0 Å². The highest BCUT2D eigenvalue weighted by atomic mass is 35.5. The van der Waals surface area contributed by atoms with E-state index in [0.29, 0.717) is 36.9 Å². The molecule has 2 heterocycles. The fourth-order valence-corrected chi connectivity index (χ4v) is 3.95. The molecule has 1 N–H and O–H groups in total. The van der Waals surface area contributed by atoms with Gasteiger partial charge in [0.15, 0.2) is 5.75 Å². The van der Waals surface area contributed by atoms with Gasteiger partial charge in [-0.05, 0) is 42.2 Å². The Morgan fingerprint density at radius 2 is 2.00 bits per heavy atom. The van der Waals surface area contributed by atoms with Gasteiger partial charge < -0.3 is 19.5 Å². The zero-order valence-corrected chi connectivity index (χ0v) is 19.3. The van der Waals surface area contributed by atoms with Crippen molar-refractivity contribution in [2.45, 2.75) is 33.4 Å². The van der Waals surface area contributed by atoms with Gasteiger partial charge in [-0.15, -0.1) is 0 Å². The number of aromatic nitrogens is 2. The minimum absolute atomic E-state index is 0.0860. The van der Waals surface area contributed by atoms with Crippen LogP contribution in [0.15, 0.2) is 55.0 Å². The van der Waals surface area contributed by atoms with Gasteiger partial charge in [0.1, 0.15) is 6.61 Å². The highest BCUT2D eigenvalue weighted by Gasteiger charge is 2.24. The van der Waals surface area contributed by atoms with Crippen LogP contribution < -0.4 is 15.0 Å². The predicted molar refractivity (Wildman–Crippen MR) is 128 cm³/mol. The summed E-state index contributed by atoms with van der Waals surface area (Å²) in [7, 11) is 0. The fraction of sp³-hybridized carbons (Fsp3) is 0.360. The molecule has 0 saturated carbocycles. The number of nitrogens with zero attached hydrogens (tertiary/aromatic N) is 3. The number of ether oxygens (including phenoxy) is 1. The van der Waals surface area contributed by atoms with Crippen molar-refractivity contribution in [3.63, 3.8) is 0 Å². The second-order valence-corrected chi connectivity index (χ2v) is 8.94. The Bertz CT molecular complexity index is 1060. The van der Waals surface area contributed by atoms with Crippen molar-refractivity contribution in [2.24, 2.45) is 5.92 Å². The van der Waals surface area contributed by atoms with Crippen LogP contribution in [0.3, 0.4) is 0 Å². The van der Waals surface area contributed by atoms with Crippen molar-refractivity contribution in [3.8, 4) is 5.75 Å². The molecular weight excluding hydrogens is 424 g/mol. The highest BCUT2D eigenvalue weighted by molar-refractivity contribution is 6.30. The first kappa shape index (κ1) is 22.2. The van der Waals surface area contributed by atoms with Crippen LogP contribution in [0.2, 0.25) is 5.02 Å². The molecule has 6 nitrogen and oxygen atoms in total. The molecule has 1 amide bonds. The summed E-state index contributed by atoms with van der Waals surface area (Å²) in [5.41, 5.74) is 3.79. The van der Waals surface area contributed by atoms with Gasteiger partial charge in [-0.2, -0.15) is 0 Å². The third-order valence-corrected chi connectivity index (χ3v) is 5.86. The molecule has 0 spiro atoms. The number of imidazole rings is 1. The number of hydrogen-bond acceptors (Lipinski definition) is 4. The minimum Gasteiger partial charge on any atom is -0.489 e. The monoisotopic (exact) mass is 452 g/mol. The van der Waals surface area contributed by atoms with Gasteiger partial charge >= 0.3 is 0 Å². The number of benzene rings is 2. The summed E-state index contributed by atoms with van der Waals surface area (Å²) in [5, 5.41) is 3.75. The average Bonchev–Trinajstić information content (AvgIpc) is 3.21. The van der Waals surface area contributed by atoms with E-state index < -0.39 is 0 Å². The standard InChI is InChI=1S/C25H29ClN4O2/c1-18(2)10-11-28-25(31)22-4-3-5-23-24(22)32-13-12-29(23)16-21-14-27-17-30(21)15-19-6-8-20(26)9-7-19/h3-9,14,17-18H,10-13,15-16H2,1-2H3,(H,28,31). The van der Waals surface area contributed by atoms with E-state index in [4.69, 9.17) is 16.3 Å². The SMILES string of the molecule is CC(C)CCNC(=O)c1cccc2c1OCCN2Cc1cncn1Cc1ccc(Cl)cc1. The molecule has 168 valence electrons. The lowest BCUT2D eigenvalue weighted by molar-refractivity contribution is 0.0947. The van der Waals surface area contributed by atoms with Crippen molar-refractivity contribution in [1.29, 1.82) is 0 Å². The Labute approximate surface area is 194 Å². The van der Waals surface area contributed by atoms with Gasteiger partial charge in [0.25, 0.3) is 5.91 Å². The third kappa shape index (κ3) is 5.25. The van der Waals surface area contributed by atoms with Crippen LogP contribution in [0, 0.1) is 5.92 Å². The Balaban J connectivity index is 1.50. The smallest absolute Gasteiger partial charge is 0.255 e. The van der Waals surface area contributed by atoms with Gasteiger partial charge in [-0.1, -0.05) is 43.6 Å². The molecule has 0 unspecified atom stereocenters. The second kappa shape index (κ2) is 10.1. The molecule has 0 bridgehead atoms. The van der Waals surface area contributed by atoms with E-state index in [-0.39, 0.29) is 5.91 Å². The highest BCUT2D eigenvalue weighted by Crippen LogP contribution is 2.35. The summed E-state index contributed by atoms with van der Waals surface area (Å²) in [4.78, 5) is 19.4. The predicted octanol–water partition coefficient (Wildman–Crippen LogP) is 4.76. The molecule has 1 aromatic heterocycles. The van der Waals surface area contributed by atoms with Crippen LogP contribution in [0.25, 0.3) is 0 Å². The number of hydrogen-bond donors (Lipinski definition) is 1. The second-order valence-electron chi connectivity index (χ2n) is 8.50. The molecule has 4 rings (SSSR count). The van der Waals surface area contributed by atoms with Gasteiger partial charge in [-0.3, -0.25) is 4.79 Å². The van der Waals surface area contributed by atoms with Gasteiger partial charge in [0.2, 0.25) is 0 Å². The van der Waals surface area contributed by atoms with Gasteiger partial charge in [-0.25, -0.2) is 4.98 Å². The van der Waals surface area contributed by atoms with E-state index in [2.05, 4.69) is 33.6 Å². The van der Waals surface area contributed by atoms with Crippen molar-refractivity contribution in [2.75, 3.05) is 24.6 Å². The maximum Gasteiger partial charge on any atom is 0.255 e.